The van der Waals surface area contributed by atoms with Crippen LogP contribution in [0.25, 0.3) is 0 Å². The van der Waals surface area contributed by atoms with Gasteiger partial charge in [0.25, 0.3) is 5.91 Å². The number of carbonyl (C=O) groups excluding carboxylic acids is 1. The molecule has 1 aliphatic rings. The van der Waals surface area contributed by atoms with Crippen molar-refractivity contribution in [2.45, 2.75) is 25.1 Å². The molecule has 34 heavy (non-hydrogen) atoms. The van der Waals surface area contributed by atoms with Gasteiger partial charge in [-0.1, -0.05) is 24.3 Å². The molecule has 0 fully saturated rings. The molecule has 3 aromatic rings. The van der Waals surface area contributed by atoms with Gasteiger partial charge in [-0.3, -0.25) is 4.79 Å². The molecule has 2 aromatic heterocycles. The quantitative estimate of drug-likeness (QED) is 0.598. The molecule has 0 radical (unpaired) electrons. The highest BCUT2D eigenvalue weighted by Gasteiger charge is 2.38. The van der Waals surface area contributed by atoms with Gasteiger partial charge in [0.2, 0.25) is 0 Å². The number of amides is 1. The number of carboxylic acids is 1. The molecule has 1 amide bonds. The van der Waals surface area contributed by atoms with Crippen LogP contribution >= 0.6 is 0 Å². The van der Waals surface area contributed by atoms with Crippen molar-refractivity contribution >= 4 is 17.7 Å². The summed E-state index contributed by atoms with van der Waals surface area (Å²) < 4.78 is 37.1. The van der Waals surface area contributed by atoms with Gasteiger partial charge in [-0.05, 0) is 53.8 Å². The van der Waals surface area contributed by atoms with Crippen molar-refractivity contribution in [1.82, 2.24) is 9.88 Å². The van der Waals surface area contributed by atoms with Gasteiger partial charge in [0.1, 0.15) is 5.82 Å². The van der Waals surface area contributed by atoms with Crippen LogP contribution < -0.4 is 4.90 Å². The molecule has 1 unspecified atom stereocenters. The van der Waals surface area contributed by atoms with Crippen LogP contribution in [0.3, 0.4) is 0 Å². The Bertz CT molecular complexity index is 1130. The monoisotopic (exact) mass is 475 g/mol. The van der Waals surface area contributed by atoms with Gasteiger partial charge in [-0.15, -0.1) is 0 Å². The van der Waals surface area contributed by atoms with Crippen molar-refractivity contribution in [3.05, 3.63) is 83.4 Å². The number of hydrogen-bond donors (Lipinski definition) is 1. The van der Waals surface area contributed by atoms with E-state index < -0.39 is 12.1 Å². The van der Waals surface area contributed by atoms with Gasteiger partial charge >= 0.3 is 12.1 Å². The summed E-state index contributed by atoms with van der Waals surface area (Å²) in [5, 5.41) is 7.12. The molecule has 1 atom stereocenters. The fourth-order valence-corrected chi connectivity index (χ4v) is 3.73. The summed E-state index contributed by atoms with van der Waals surface area (Å²) in [6, 6.07) is 15.8. The van der Waals surface area contributed by atoms with Crippen molar-refractivity contribution in [1.29, 1.82) is 0 Å². The number of aliphatic carboxylic acids is 1. The lowest BCUT2D eigenvalue weighted by atomic mass is 9.93. The number of alkyl halides is 3. The number of carboxylic acid groups (broad SMARTS) is 1. The minimum absolute atomic E-state index is 0.0788. The topological polar surface area (TPSA) is 86.9 Å². The molecule has 1 aliphatic heterocycles. The lowest BCUT2D eigenvalue weighted by Crippen LogP contribution is -2.35. The minimum atomic E-state index is -5.08. The second kappa shape index (κ2) is 10.4. The highest BCUT2D eigenvalue weighted by atomic mass is 19.4. The van der Waals surface area contributed by atoms with Crippen molar-refractivity contribution in [2.24, 2.45) is 0 Å². The number of halogens is 3. The number of pyridine rings is 1. The molecule has 1 aromatic carbocycles. The van der Waals surface area contributed by atoms with E-state index in [1.807, 2.05) is 42.2 Å². The van der Waals surface area contributed by atoms with Crippen LogP contribution in [0.4, 0.5) is 19.0 Å². The summed E-state index contributed by atoms with van der Waals surface area (Å²) in [4.78, 5) is 30.5. The molecule has 0 saturated heterocycles. The van der Waals surface area contributed by atoms with Gasteiger partial charge in [0.05, 0.1) is 12.3 Å². The van der Waals surface area contributed by atoms with E-state index in [2.05, 4.69) is 29.2 Å². The van der Waals surface area contributed by atoms with Crippen LogP contribution in [0.5, 0.6) is 0 Å². The number of benzene rings is 1. The van der Waals surface area contributed by atoms with E-state index in [0.717, 1.165) is 24.2 Å². The summed E-state index contributed by atoms with van der Waals surface area (Å²) in [5.74, 6) is -1.58. The van der Waals surface area contributed by atoms with Gasteiger partial charge in [0, 0.05) is 26.8 Å². The smallest absolute Gasteiger partial charge is 0.475 e. The average Bonchev–Trinajstić information content (AvgIpc) is 3.26. The first kappa shape index (κ1) is 24.8. The predicted octanol–water partition coefficient (Wildman–Crippen LogP) is 4.55. The van der Waals surface area contributed by atoms with E-state index in [1.54, 1.807) is 18.4 Å². The van der Waals surface area contributed by atoms with E-state index in [9.17, 15) is 18.0 Å². The zero-order valence-electron chi connectivity index (χ0n) is 18.6. The summed E-state index contributed by atoms with van der Waals surface area (Å²) in [7, 11) is 3.94. The second-order valence-electron chi connectivity index (χ2n) is 7.83. The molecule has 0 bridgehead atoms. The van der Waals surface area contributed by atoms with Crippen LogP contribution in [0, 0.1) is 0 Å². The molecule has 0 aliphatic carbocycles. The fourth-order valence-electron chi connectivity index (χ4n) is 3.73. The van der Waals surface area contributed by atoms with Gasteiger partial charge in [-0.25, -0.2) is 9.78 Å². The molecular formula is C24H24F3N3O4. The molecule has 3 heterocycles. The van der Waals surface area contributed by atoms with Crippen molar-refractivity contribution < 1.29 is 32.3 Å². The maximum atomic E-state index is 13.2. The lowest BCUT2D eigenvalue weighted by Gasteiger charge is -2.31. The van der Waals surface area contributed by atoms with Crippen molar-refractivity contribution in [2.75, 3.05) is 25.5 Å². The number of furan rings is 1. The second-order valence-corrected chi connectivity index (χ2v) is 7.83. The number of rotatable bonds is 3. The molecule has 7 nitrogen and oxygen atoms in total. The van der Waals surface area contributed by atoms with E-state index in [0.29, 0.717) is 12.3 Å². The number of aromatic nitrogens is 1. The number of anilines is 1. The number of carbonyl (C=O) groups is 2. The third kappa shape index (κ3) is 5.75. The predicted molar refractivity (Wildman–Crippen MR) is 119 cm³/mol. The standard InChI is InChI=1S/C22H23N3O2.C2HF3O2/c1-24(2)20-15-17(11-12-23-20)21-18-9-4-3-7-16(18)8-5-13-25(21)22(26)19-10-6-14-27-19;3-2(4,5)1(6)7/h3-4,6-7,9-12,14-15,21H,5,8,13H2,1-2H3;(H,6,7). The largest absolute Gasteiger partial charge is 0.490 e. The maximum Gasteiger partial charge on any atom is 0.490 e. The molecule has 0 saturated carbocycles. The zero-order valence-corrected chi connectivity index (χ0v) is 18.6. The fraction of sp³-hybridized carbons (Fsp3) is 0.292. The number of aryl methyl sites for hydroxylation is 1. The first-order valence-electron chi connectivity index (χ1n) is 10.4. The molecule has 180 valence electrons. The Kier molecular flexibility index (Phi) is 7.60. The van der Waals surface area contributed by atoms with Crippen molar-refractivity contribution in [3.8, 4) is 0 Å². The number of nitrogens with zero attached hydrogens (tertiary/aromatic N) is 3. The van der Waals surface area contributed by atoms with E-state index >= 15 is 0 Å². The third-order valence-corrected chi connectivity index (χ3v) is 5.29. The first-order valence-corrected chi connectivity index (χ1v) is 10.4. The molecule has 1 N–H and O–H groups in total. The Morgan fingerprint density at radius 1 is 1.15 bits per heavy atom. The van der Waals surface area contributed by atoms with Crippen LogP contribution in [0.1, 0.15) is 39.7 Å². The summed E-state index contributed by atoms with van der Waals surface area (Å²) in [5.41, 5.74) is 3.52. The average molecular weight is 475 g/mol. The Morgan fingerprint density at radius 2 is 1.85 bits per heavy atom. The number of hydrogen-bond acceptors (Lipinski definition) is 5. The van der Waals surface area contributed by atoms with E-state index in [4.69, 9.17) is 14.3 Å². The highest BCUT2D eigenvalue weighted by Crippen LogP contribution is 2.36. The highest BCUT2D eigenvalue weighted by molar-refractivity contribution is 5.92. The summed E-state index contributed by atoms with van der Waals surface area (Å²) >= 11 is 0. The van der Waals surface area contributed by atoms with Crippen LogP contribution in [0.2, 0.25) is 0 Å². The lowest BCUT2D eigenvalue weighted by molar-refractivity contribution is -0.192. The van der Waals surface area contributed by atoms with Crippen LogP contribution in [-0.4, -0.2) is 53.7 Å². The Balaban J connectivity index is 0.000000406. The van der Waals surface area contributed by atoms with E-state index in [-0.39, 0.29) is 11.9 Å². The van der Waals surface area contributed by atoms with E-state index in [1.165, 1.54) is 11.1 Å². The first-order chi connectivity index (χ1) is 16.1. The van der Waals surface area contributed by atoms with Gasteiger partial charge in [0.15, 0.2) is 5.76 Å². The molecular weight excluding hydrogens is 451 g/mol. The maximum absolute atomic E-state index is 13.2. The third-order valence-electron chi connectivity index (χ3n) is 5.29. The minimum Gasteiger partial charge on any atom is -0.475 e. The molecule has 10 heteroatoms. The molecule has 4 rings (SSSR count). The normalized spacial score (nSPS) is 15.4. The SMILES string of the molecule is CN(C)c1cc(C2c3ccccc3CCCN2C(=O)c2ccco2)ccn1.O=C(O)C(F)(F)F. The zero-order chi connectivity index (χ0) is 24.9. The van der Waals surface area contributed by atoms with Gasteiger partial charge in [-0.2, -0.15) is 13.2 Å². The summed E-state index contributed by atoms with van der Waals surface area (Å²) in [6.45, 7) is 0.679. The summed E-state index contributed by atoms with van der Waals surface area (Å²) in [6.07, 6.45) is 0.157. The Hall–Kier alpha value is -3.82. The number of fused-ring (bicyclic) bond motifs is 1. The molecule has 0 spiro atoms. The van der Waals surface area contributed by atoms with Crippen LogP contribution in [-0.2, 0) is 11.2 Å². The van der Waals surface area contributed by atoms with Gasteiger partial charge < -0.3 is 19.3 Å². The Morgan fingerprint density at radius 3 is 2.47 bits per heavy atom. The van der Waals surface area contributed by atoms with Crippen molar-refractivity contribution in [3.63, 3.8) is 0 Å². The Labute approximate surface area is 194 Å². The van der Waals surface area contributed by atoms with Crippen LogP contribution in [0.15, 0.2) is 65.4 Å².